The highest BCUT2D eigenvalue weighted by Gasteiger charge is 2.37. The average molecular weight is 257 g/mol. The maximum absolute atomic E-state index is 12.0. The van der Waals surface area contributed by atoms with Gasteiger partial charge in [0, 0.05) is 26.6 Å². The van der Waals surface area contributed by atoms with Gasteiger partial charge in [0.05, 0.1) is 19.1 Å². The first-order valence-electron chi connectivity index (χ1n) is 6.38. The van der Waals surface area contributed by atoms with Crippen molar-refractivity contribution in [1.29, 1.82) is 0 Å². The normalized spacial score (nSPS) is 25.0. The van der Waals surface area contributed by atoms with Crippen LogP contribution in [0.5, 0.6) is 0 Å². The van der Waals surface area contributed by atoms with E-state index in [9.17, 15) is 9.59 Å². The molecule has 5 nitrogen and oxygen atoms in total. The van der Waals surface area contributed by atoms with Crippen LogP contribution >= 0.6 is 0 Å². The van der Waals surface area contributed by atoms with E-state index in [2.05, 4.69) is 0 Å². The van der Waals surface area contributed by atoms with E-state index in [0.29, 0.717) is 25.9 Å². The topological polar surface area (TPSA) is 55.8 Å². The standard InChI is InChI=1S/C13H23NO4/c1-9-7-14(8-11(9)13(16)18-4)12(15)6-5-10(2)17-3/h9-11H,5-8H2,1-4H3. The predicted octanol–water partition coefficient (Wildman–Crippen LogP) is 1.07. The zero-order valence-electron chi connectivity index (χ0n) is 11.6. The molecular weight excluding hydrogens is 234 g/mol. The summed E-state index contributed by atoms with van der Waals surface area (Å²) in [5, 5.41) is 0. The Morgan fingerprint density at radius 2 is 2.00 bits per heavy atom. The number of carbonyl (C=O) groups excluding carboxylic acids is 2. The Labute approximate surface area is 108 Å². The van der Waals surface area contributed by atoms with Crippen LogP contribution in [0.2, 0.25) is 0 Å². The number of amides is 1. The summed E-state index contributed by atoms with van der Waals surface area (Å²) in [5.74, 6) is -0.139. The number of ether oxygens (including phenoxy) is 2. The van der Waals surface area contributed by atoms with Gasteiger partial charge in [-0.1, -0.05) is 6.92 Å². The smallest absolute Gasteiger partial charge is 0.310 e. The summed E-state index contributed by atoms with van der Waals surface area (Å²) in [6.45, 7) is 5.04. The quantitative estimate of drug-likeness (QED) is 0.691. The molecule has 1 aliphatic rings. The summed E-state index contributed by atoms with van der Waals surface area (Å²) >= 11 is 0. The molecule has 5 heteroatoms. The van der Waals surface area contributed by atoms with Crippen LogP contribution in [0.15, 0.2) is 0 Å². The van der Waals surface area contributed by atoms with E-state index in [1.807, 2.05) is 13.8 Å². The number of carbonyl (C=O) groups is 2. The molecule has 0 aromatic heterocycles. The van der Waals surface area contributed by atoms with Crippen LogP contribution in [0.4, 0.5) is 0 Å². The molecule has 0 aliphatic carbocycles. The van der Waals surface area contributed by atoms with Gasteiger partial charge in [0.25, 0.3) is 0 Å². The predicted molar refractivity (Wildman–Crippen MR) is 67.0 cm³/mol. The number of methoxy groups -OCH3 is 2. The maximum atomic E-state index is 12.0. The SMILES string of the molecule is COC(=O)C1CN(C(=O)CCC(C)OC)CC1C. The lowest BCUT2D eigenvalue weighted by Gasteiger charge is -2.17. The lowest BCUT2D eigenvalue weighted by molar-refractivity contribution is -0.146. The Balaban J connectivity index is 2.45. The van der Waals surface area contributed by atoms with Crippen LogP contribution in [0.3, 0.4) is 0 Å². The summed E-state index contributed by atoms with van der Waals surface area (Å²) in [4.78, 5) is 25.3. The van der Waals surface area contributed by atoms with Crippen molar-refractivity contribution in [3.05, 3.63) is 0 Å². The van der Waals surface area contributed by atoms with E-state index in [1.54, 1.807) is 12.0 Å². The minimum absolute atomic E-state index is 0.0883. The highest BCUT2D eigenvalue weighted by Crippen LogP contribution is 2.24. The molecule has 1 amide bonds. The molecule has 0 aromatic rings. The van der Waals surface area contributed by atoms with E-state index in [-0.39, 0.29) is 29.8 Å². The van der Waals surface area contributed by atoms with Gasteiger partial charge in [0.2, 0.25) is 5.91 Å². The summed E-state index contributed by atoms with van der Waals surface area (Å²) in [6, 6.07) is 0. The first-order chi connectivity index (χ1) is 8.49. The van der Waals surface area contributed by atoms with Gasteiger partial charge in [-0.25, -0.2) is 0 Å². The van der Waals surface area contributed by atoms with Crippen LogP contribution in [-0.4, -0.2) is 50.2 Å². The molecule has 0 bridgehead atoms. The Morgan fingerprint density at radius 1 is 1.33 bits per heavy atom. The van der Waals surface area contributed by atoms with Crippen molar-refractivity contribution < 1.29 is 19.1 Å². The van der Waals surface area contributed by atoms with Crippen LogP contribution < -0.4 is 0 Å². The minimum Gasteiger partial charge on any atom is -0.469 e. The molecular formula is C13H23NO4. The van der Waals surface area contributed by atoms with E-state index < -0.39 is 0 Å². The van der Waals surface area contributed by atoms with Crippen LogP contribution in [0.1, 0.15) is 26.7 Å². The minimum atomic E-state index is -0.219. The lowest BCUT2D eigenvalue weighted by Crippen LogP contribution is -2.30. The molecule has 0 saturated carbocycles. The van der Waals surface area contributed by atoms with Crippen molar-refractivity contribution in [3.8, 4) is 0 Å². The Hall–Kier alpha value is -1.10. The second-order valence-corrected chi connectivity index (χ2v) is 4.99. The van der Waals surface area contributed by atoms with Crippen molar-refractivity contribution in [2.45, 2.75) is 32.8 Å². The molecule has 1 fully saturated rings. The monoisotopic (exact) mass is 257 g/mol. The van der Waals surface area contributed by atoms with Gasteiger partial charge in [-0.2, -0.15) is 0 Å². The fourth-order valence-electron chi connectivity index (χ4n) is 2.23. The molecule has 0 aromatic carbocycles. The van der Waals surface area contributed by atoms with Gasteiger partial charge < -0.3 is 14.4 Å². The van der Waals surface area contributed by atoms with Gasteiger partial charge in [0.15, 0.2) is 0 Å². The molecule has 1 rings (SSSR count). The number of rotatable bonds is 5. The average Bonchev–Trinajstić information content (AvgIpc) is 2.76. The fourth-order valence-corrected chi connectivity index (χ4v) is 2.23. The largest absolute Gasteiger partial charge is 0.469 e. The molecule has 104 valence electrons. The van der Waals surface area contributed by atoms with Crippen molar-refractivity contribution in [2.24, 2.45) is 11.8 Å². The van der Waals surface area contributed by atoms with Gasteiger partial charge in [-0.05, 0) is 19.3 Å². The first kappa shape index (κ1) is 15.0. The summed E-state index contributed by atoms with van der Waals surface area (Å²) in [6.07, 6.45) is 1.27. The lowest BCUT2D eigenvalue weighted by atomic mass is 9.99. The molecule has 0 N–H and O–H groups in total. The van der Waals surface area contributed by atoms with Crippen LogP contribution in [0, 0.1) is 11.8 Å². The third-order valence-corrected chi connectivity index (χ3v) is 3.64. The van der Waals surface area contributed by atoms with E-state index >= 15 is 0 Å². The van der Waals surface area contributed by atoms with Crippen molar-refractivity contribution >= 4 is 11.9 Å². The third kappa shape index (κ3) is 3.70. The number of hydrogen-bond acceptors (Lipinski definition) is 4. The molecule has 1 aliphatic heterocycles. The summed E-state index contributed by atoms with van der Waals surface area (Å²) in [7, 11) is 3.03. The number of esters is 1. The molecule has 18 heavy (non-hydrogen) atoms. The van der Waals surface area contributed by atoms with E-state index in [1.165, 1.54) is 7.11 Å². The van der Waals surface area contributed by atoms with Gasteiger partial charge in [0.1, 0.15) is 0 Å². The van der Waals surface area contributed by atoms with Crippen LogP contribution in [-0.2, 0) is 19.1 Å². The zero-order chi connectivity index (χ0) is 13.7. The summed E-state index contributed by atoms with van der Waals surface area (Å²) < 4.78 is 9.87. The Kier molecular flexibility index (Phi) is 5.59. The molecule has 1 heterocycles. The first-order valence-corrected chi connectivity index (χ1v) is 6.38. The van der Waals surface area contributed by atoms with Crippen molar-refractivity contribution in [1.82, 2.24) is 4.90 Å². The molecule has 0 radical (unpaired) electrons. The number of hydrogen-bond donors (Lipinski definition) is 0. The molecule has 1 saturated heterocycles. The fraction of sp³-hybridized carbons (Fsp3) is 0.846. The molecule has 0 spiro atoms. The highest BCUT2D eigenvalue weighted by atomic mass is 16.5. The van der Waals surface area contributed by atoms with E-state index in [4.69, 9.17) is 9.47 Å². The van der Waals surface area contributed by atoms with Crippen LogP contribution in [0.25, 0.3) is 0 Å². The number of nitrogens with zero attached hydrogens (tertiary/aromatic N) is 1. The highest BCUT2D eigenvalue weighted by molar-refractivity contribution is 5.79. The second-order valence-electron chi connectivity index (χ2n) is 4.99. The number of likely N-dealkylation sites (tertiary alicyclic amines) is 1. The molecule has 3 atom stereocenters. The zero-order valence-corrected chi connectivity index (χ0v) is 11.6. The van der Waals surface area contributed by atoms with Crippen molar-refractivity contribution in [2.75, 3.05) is 27.3 Å². The third-order valence-electron chi connectivity index (χ3n) is 3.64. The molecule has 3 unspecified atom stereocenters. The Morgan fingerprint density at radius 3 is 2.56 bits per heavy atom. The Bertz CT molecular complexity index is 305. The van der Waals surface area contributed by atoms with E-state index in [0.717, 1.165) is 0 Å². The van der Waals surface area contributed by atoms with Gasteiger partial charge >= 0.3 is 5.97 Å². The maximum Gasteiger partial charge on any atom is 0.310 e. The van der Waals surface area contributed by atoms with Gasteiger partial charge in [-0.3, -0.25) is 9.59 Å². The second kappa shape index (κ2) is 6.73. The summed E-state index contributed by atoms with van der Waals surface area (Å²) in [5.41, 5.74) is 0. The van der Waals surface area contributed by atoms with Crippen molar-refractivity contribution in [3.63, 3.8) is 0 Å². The van der Waals surface area contributed by atoms with Gasteiger partial charge in [-0.15, -0.1) is 0 Å².